The van der Waals surface area contributed by atoms with Gasteiger partial charge in [0.05, 0.1) is 12.6 Å². The highest BCUT2D eigenvalue weighted by atomic mass is 16.5. The topological polar surface area (TPSA) is 51.4 Å². The van der Waals surface area contributed by atoms with Gasteiger partial charge in [-0.25, -0.2) is 4.98 Å². The molecule has 0 saturated carbocycles. The number of ether oxygens (including phenoxy) is 1. The first-order valence-electron chi connectivity index (χ1n) is 5.64. The van der Waals surface area contributed by atoms with E-state index in [1.807, 2.05) is 12.1 Å². The van der Waals surface area contributed by atoms with Crippen LogP contribution in [0.15, 0.2) is 18.3 Å². The minimum absolute atomic E-state index is 0.301. The molecule has 1 aromatic heterocycles. The molecule has 0 spiro atoms. The maximum Gasteiger partial charge on any atom is 0.133 e. The molecule has 4 heteroatoms. The SMILES string of the molecule is CCN(c1ncccc1CN)C(C)COC. The summed E-state index contributed by atoms with van der Waals surface area (Å²) in [6.07, 6.45) is 1.80. The number of anilines is 1. The third kappa shape index (κ3) is 2.93. The van der Waals surface area contributed by atoms with E-state index in [1.54, 1.807) is 13.3 Å². The monoisotopic (exact) mass is 223 g/mol. The Kier molecular flexibility index (Phi) is 5.22. The van der Waals surface area contributed by atoms with Crippen LogP contribution in [0.5, 0.6) is 0 Å². The van der Waals surface area contributed by atoms with Crippen LogP contribution >= 0.6 is 0 Å². The second-order valence-electron chi connectivity index (χ2n) is 3.78. The number of hydrogen-bond acceptors (Lipinski definition) is 4. The van der Waals surface area contributed by atoms with Crippen molar-refractivity contribution in [2.75, 3.05) is 25.2 Å². The Hall–Kier alpha value is -1.13. The predicted octanol–water partition coefficient (Wildman–Crippen LogP) is 1.40. The fourth-order valence-electron chi connectivity index (χ4n) is 1.85. The Labute approximate surface area is 97.4 Å². The van der Waals surface area contributed by atoms with Gasteiger partial charge in [-0.05, 0) is 19.9 Å². The van der Waals surface area contributed by atoms with Crippen molar-refractivity contribution >= 4 is 5.82 Å². The summed E-state index contributed by atoms with van der Waals surface area (Å²) in [5, 5.41) is 0. The minimum atomic E-state index is 0.301. The highest BCUT2D eigenvalue weighted by molar-refractivity contribution is 5.47. The van der Waals surface area contributed by atoms with Gasteiger partial charge in [-0.1, -0.05) is 6.07 Å². The van der Waals surface area contributed by atoms with E-state index in [9.17, 15) is 0 Å². The largest absolute Gasteiger partial charge is 0.383 e. The number of rotatable bonds is 6. The molecule has 0 aromatic carbocycles. The molecule has 16 heavy (non-hydrogen) atoms. The molecule has 1 rings (SSSR count). The maximum atomic E-state index is 5.72. The quantitative estimate of drug-likeness (QED) is 0.792. The van der Waals surface area contributed by atoms with Crippen molar-refractivity contribution in [1.82, 2.24) is 4.98 Å². The lowest BCUT2D eigenvalue weighted by atomic mass is 10.2. The summed E-state index contributed by atoms with van der Waals surface area (Å²) in [6, 6.07) is 4.24. The number of pyridine rings is 1. The molecule has 0 bridgehead atoms. The van der Waals surface area contributed by atoms with Crippen LogP contribution in [-0.4, -0.2) is 31.3 Å². The Morgan fingerprint density at radius 3 is 2.88 bits per heavy atom. The summed E-state index contributed by atoms with van der Waals surface area (Å²) in [6.45, 7) is 6.34. The molecular weight excluding hydrogens is 202 g/mol. The summed E-state index contributed by atoms with van der Waals surface area (Å²) < 4.78 is 5.18. The van der Waals surface area contributed by atoms with Crippen LogP contribution in [0.2, 0.25) is 0 Å². The second-order valence-corrected chi connectivity index (χ2v) is 3.78. The zero-order valence-electron chi connectivity index (χ0n) is 10.3. The van der Waals surface area contributed by atoms with E-state index in [0.29, 0.717) is 19.2 Å². The molecule has 1 atom stereocenters. The Balaban J connectivity index is 2.93. The molecule has 4 nitrogen and oxygen atoms in total. The lowest BCUT2D eigenvalue weighted by Gasteiger charge is -2.30. The predicted molar refractivity (Wildman–Crippen MR) is 66.5 cm³/mol. The van der Waals surface area contributed by atoms with Gasteiger partial charge in [0.1, 0.15) is 5.82 Å². The molecule has 0 amide bonds. The first-order chi connectivity index (χ1) is 7.74. The number of hydrogen-bond donors (Lipinski definition) is 1. The summed E-state index contributed by atoms with van der Waals surface area (Å²) in [5.74, 6) is 0.969. The molecule has 90 valence electrons. The first-order valence-corrected chi connectivity index (χ1v) is 5.64. The van der Waals surface area contributed by atoms with Crippen LogP contribution in [0.1, 0.15) is 19.4 Å². The molecule has 0 radical (unpaired) electrons. The standard InChI is InChI=1S/C12H21N3O/c1-4-15(10(2)9-16-3)12-11(8-13)6-5-7-14-12/h5-7,10H,4,8-9,13H2,1-3H3. The van der Waals surface area contributed by atoms with Gasteiger partial charge in [0.25, 0.3) is 0 Å². The molecule has 2 N–H and O–H groups in total. The number of likely N-dealkylation sites (N-methyl/N-ethyl adjacent to an activating group) is 1. The van der Waals surface area contributed by atoms with Crippen molar-refractivity contribution in [3.63, 3.8) is 0 Å². The van der Waals surface area contributed by atoms with Gasteiger partial charge >= 0.3 is 0 Å². The fraction of sp³-hybridized carbons (Fsp3) is 0.583. The van der Waals surface area contributed by atoms with Crippen molar-refractivity contribution in [3.8, 4) is 0 Å². The maximum absolute atomic E-state index is 5.72. The molecule has 0 aliphatic carbocycles. The van der Waals surface area contributed by atoms with Crippen molar-refractivity contribution in [1.29, 1.82) is 0 Å². The van der Waals surface area contributed by atoms with Crippen molar-refractivity contribution in [2.45, 2.75) is 26.4 Å². The Morgan fingerprint density at radius 2 is 2.31 bits per heavy atom. The molecule has 0 saturated heterocycles. The number of methoxy groups -OCH3 is 1. The summed E-state index contributed by atoms with van der Waals surface area (Å²) in [7, 11) is 1.71. The molecule has 1 aromatic rings. The van der Waals surface area contributed by atoms with Crippen LogP contribution in [0.4, 0.5) is 5.82 Å². The highest BCUT2D eigenvalue weighted by Gasteiger charge is 2.16. The third-order valence-electron chi connectivity index (χ3n) is 2.64. The van der Waals surface area contributed by atoms with E-state index >= 15 is 0 Å². The van der Waals surface area contributed by atoms with Crippen LogP contribution in [0, 0.1) is 0 Å². The summed E-state index contributed by atoms with van der Waals surface area (Å²) in [4.78, 5) is 6.63. The van der Waals surface area contributed by atoms with E-state index in [1.165, 1.54) is 0 Å². The Morgan fingerprint density at radius 1 is 1.56 bits per heavy atom. The molecule has 1 heterocycles. The number of nitrogens with two attached hydrogens (primary N) is 1. The van der Waals surface area contributed by atoms with E-state index in [-0.39, 0.29) is 0 Å². The van der Waals surface area contributed by atoms with E-state index in [4.69, 9.17) is 10.5 Å². The van der Waals surface area contributed by atoms with Gasteiger partial charge in [0.2, 0.25) is 0 Å². The highest BCUT2D eigenvalue weighted by Crippen LogP contribution is 2.18. The van der Waals surface area contributed by atoms with Crippen LogP contribution in [-0.2, 0) is 11.3 Å². The van der Waals surface area contributed by atoms with Gasteiger partial charge in [-0.15, -0.1) is 0 Å². The van der Waals surface area contributed by atoms with Crippen molar-refractivity contribution < 1.29 is 4.74 Å². The van der Waals surface area contributed by atoms with Crippen LogP contribution < -0.4 is 10.6 Å². The third-order valence-corrected chi connectivity index (χ3v) is 2.64. The Bertz CT molecular complexity index is 317. The van der Waals surface area contributed by atoms with Gasteiger partial charge in [0.15, 0.2) is 0 Å². The fourth-order valence-corrected chi connectivity index (χ4v) is 1.85. The molecule has 0 aliphatic rings. The number of aromatic nitrogens is 1. The van der Waals surface area contributed by atoms with Gasteiger partial charge < -0.3 is 15.4 Å². The van der Waals surface area contributed by atoms with Gasteiger partial charge in [-0.3, -0.25) is 0 Å². The van der Waals surface area contributed by atoms with Crippen LogP contribution in [0.25, 0.3) is 0 Å². The zero-order valence-corrected chi connectivity index (χ0v) is 10.3. The van der Waals surface area contributed by atoms with Gasteiger partial charge in [-0.2, -0.15) is 0 Å². The van der Waals surface area contributed by atoms with Gasteiger partial charge in [0, 0.05) is 32.0 Å². The van der Waals surface area contributed by atoms with E-state index in [0.717, 1.165) is 17.9 Å². The second kappa shape index (κ2) is 6.45. The van der Waals surface area contributed by atoms with E-state index in [2.05, 4.69) is 23.7 Å². The smallest absolute Gasteiger partial charge is 0.133 e. The summed E-state index contributed by atoms with van der Waals surface area (Å²) in [5.41, 5.74) is 6.80. The minimum Gasteiger partial charge on any atom is -0.383 e. The number of nitrogens with zero attached hydrogens (tertiary/aromatic N) is 2. The van der Waals surface area contributed by atoms with E-state index < -0.39 is 0 Å². The first kappa shape index (κ1) is 12.9. The zero-order chi connectivity index (χ0) is 12.0. The molecule has 1 unspecified atom stereocenters. The van der Waals surface area contributed by atoms with Crippen molar-refractivity contribution in [3.05, 3.63) is 23.9 Å². The molecule has 0 aliphatic heterocycles. The van der Waals surface area contributed by atoms with Crippen molar-refractivity contribution in [2.24, 2.45) is 5.73 Å². The molecular formula is C12H21N3O. The van der Waals surface area contributed by atoms with Crippen LogP contribution in [0.3, 0.4) is 0 Å². The lowest BCUT2D eigenvalue weighted by molar-refractivity contribution is 0.181. The lowest BCUT2D eigenvalue weighted by Crippen LogP contribution is -2.37. The average Bonchev–Trinajstić information content (AvgIpc) is 2.31. The normalized spacial score (nSPS) is 12.5. The average molecular weight is 223 g/mol. The molecule has 0 fully saturated rings. The summed E-state index contributed by atoms with van der Waals surface area (Å²) >= 11 is 0.